The summed E-state index contributed by atoms with van der Waals surface area (Å²) in [6.07, 6.45) is 0. The van der Waals surface area contributed by atoms with E-state index in [-0.39, 0.29) is 0 Å². The first-order valence-electron chi connectivity index (χ1n) is 5.83. The summed E-state index contributed by atoms with van der Waals surface area (Å²) in [4.78, 5) is 24.0. The quantitative estimate of drug-likeness (QED) is 0.747. The first-order chi connectivity index (χ1) is 9.66. The predicted octanol–water partition coefficient (Wildman–Crippen LogP) is 3.33. The summed E-state index contributed by atoms with van der Waals surface area (Å²) in [6, 6.07) is 12.9. The number of amides is 1. The standard InChI is InChI=1S/C14H9ClN2O3/c15-9-5-1-2-6-10(9)16-13(18)17-11-7-3-4-8-12(11)20-14(17)19/h1-8H,(H,16,18). The number of nitrogens with zero attached hydrogens (tertiary/aromatic N) is 1. The highest BCUT2D eigenvalue weighted by molar-refractivity contribution is 6.33. The molecule has 1 heterocycles. The molecule has 0 fully saturated rings. The van der Waals surface area contributed by atoms with E-state index in [1.54, 1.807) is 48.5 Å². The molecule has 0 aliphatic rings. The van der Waals surface area contributed by atoms with Crippen molar-refractivity contribution in [2.24, 2.45) is 0 Å². The molecular formula is C14H9ClN2O3. The Morgan fingerprint density at radius 3 is 2.60 bits per heavy atom. The summed E-state index contributed by atoms with van der Waals surface area (Å²) in [5.74, 6) is -0.740. The maximum Gasteiger partial charge on any atom is 0.428 e. The second-order valence-corrected chi connectivity index (χ2v) is 4.49. The molecule has 0 spiro atoms. The smallest absolute Gasteiger partial charge is 0.407 e. The van der Waals surface area contributed by atoms with Gasteiger partial charge in [-0.1, -0.05) is 35.9 Å². The number of fused-ring (bicyclic) bond motifs is 1. The van der Waals surface area contributed by atoms with Crippen LogP contribution in [0.2, 0.25) is 5.02 Å². The van der Waals surface area contributed by atoms with Crippen molar-refractivity contribution in [1.29, 1.82) is 0 Å². The number of aromatic nitrogens is 1. The molecular weight excluding hydrogens is 280 g/mol. The highest BCUT2D eigenvalue weighted by Crippen LogP contribution is 2.21. The van der Waals surface area contributed by atoms with Crippen molar-refractivity contribution in [3.05, 3.63) is 64.1 Å². The van der Waals surface area contributed by atoms with E-state index in [4.69, 9.17) is 16.0 Å². The molecule has 3 aromatic rings. The van der Waals surface area contributed by atoms with Gasteiger partial charge in [0.2, 0.25) is 0 Å². The number of carbonyl (C=O) groups is 1. The van der Waals surface area contributed by atoms with Crippen molar-refractivity contribution < 1.29 is 9.21 Å². The first-order valence-corrected chi connectivity index (χ1v) is 6.21. The van der Waals surface area contributed by atoms with Crippen LogP contribution in [0.1, 0.15) is 0 Å². The van der Waals surface area contributed by atoms with E-state index in [0.29, 0.717) is 21.8 Å². The van der Waals surface area contributed by atoms with E-state index in [0.717, 1.165) is 4.57 Å². The summed E-state index contributed by atoms with van der Waals surface area (Å²) in [7, 11) is 0. The maximum absolute atomic E-state index is 12.2. The SMILES string of the molecule is O=C(Nc1ccccc1Cl)n1c(=O)oc2ccccc21. The Morgan fingerprint density at radius 2 is 1.80 bits per heavy atom. The van der Waals surface area contributed by atoms with Gasteiger partial charge in [0.25, 0.3) is 0 Å². The van der Waals surface area contributed by atoms with Crippen molar-refractivity contribution >= 4 is 34.4 Å². The number of benzene rings is 2. The lowest BCUT2D eigenvalue weighted by Gasteiger charge is -2.06. The molecule has 1 amide bonds. The fourth-order valence-electron chi connectivity index (χ4n) is 1.89. The zero-order chi connectivity index (χ0) is 14.1. The summed E-state index contributed by atoms with van der Waals surface area (Å²) in [6.45, 7) is 0. The molecule has 100 valence electrons. The average Bonchev–Trinajstić information content (AvgIpc) is 2.77. The number of oxazole rings is 1. The van der Waals surface area contributed by atoms with Crippen LogP contribution in [0, 0.1) is 0 Å². The third-order valence-corrected chi connectivity index (χ3v) is 3.13. The third kappa shape index (κ3) is 2.08. The Morgan fingerprint density at radius 1 is 1.10 bits per heavy atom. The molecule has 0 aliphatic carbocycles. The van der Waals surface area contributed by atoms with E-state index < -0.39 is 11.8 Å². The van der Waals surface area contributed by atoms with Crippen LogP contribution in [-0.2, 0) is 0 Å². The Labute approximate surface area is 118 Å². The van der Waals surface area contributed by atoms with Crippen molar-refractivity contribution in [1.82, 2.24) is 4.57 Å². The topological polar surface area (TPSA) is 64.2 Å². The van der Waals surface area contributed by atoms with Gasteiger partial charge in [-0.05, 0) is 24.3 Å². The number of anilines is 1. The number of rotatable bonds is 1. The molecule has 0 aliphatic heterocycles. The lowest BCUT2D eigenvalue weighted by molar-refractivity contribution is 0.252. The molecule has 6 heteroatoms. The van der Waals surface area contributed by atoms with Gasteiger partial charge < -0.3 is 9.73 Å². The summed E-state index contributed by atoms with van der Waals surface area (Å²) >= 11 is 5.96. The third-order valence-electron chi connectivity index (χ3n) is 2.80. The summed E-state index contributed by atoms with van der Waals surface area (Å²) in [5.41, 5.74) is 1.19. The van der Waals surface area contributed by atoms with Gasteiger partial charge in [-0.15, -0.1) is 0 Å². The fourth-order valence-corrected chi connectivity index (χ4v) is 2.08. The van der Waals surface area contributed by atoms with Gasteiger partial charge in [-0.25, -0.2) is 9.59 Å². The fraction of sp³-hybridized carbons (Fsp3) is 0. The van der Waals surface area contributed by atoms with Crippen LogP contribution in [0.4, 0.5) is 10.5 Å². The van der Waals surface area contributed by atoms with E-state index in [1.807, 2.05) is 0 Å². The van der Waals surface area contributed by atoms with Crippen LogP contribution < -0.4 is 11.1 Å². The van der Waals surface area contributed by atoms with E-state index >= 15 is 0 Å². The second kappa shape index (κ2) is 4.86. The Balaban J connectivity index is 2.04. The lowest BCUT2D eigenvalue weighted by Crippen LogP contribution is -2.27. The molecule has 20 heavy (non-hydrogen) atoms. The minimum Gasteiger partial charge on any atom is -0.407 e. The minimum atomic E-state index is -0.740. The van der Waals surface area contributed by atoms with Gasteiger partial charge in [0.1, 0.15) is 0 Å². The molecule has 0 saturated carbocycles. The van der Waals surface area contributed by atoms with Crippen LogP contribution in [0.25, 0.3) is 11.1 Å². The Hall–Kier alpha value is -2.53. The molecule has 0 atom stereocenters. The number of para-hydroxylation sites is 3. The molecule has 1 N–H and O–H groups in total. The number of hydrogen-bond donors (Lipinski definition) is 1. The molecule has 2 aromatic carbocycles. The Kier molecular flexibility index (Phi) is 3.04. The zero-order valence-corrected chi connectivity index (χ0v) is 10.9. The maximum atomic E-state index is 12.2. The van der Waals surface area contributed by atoms with Crippen LogP contribution in [0.3, 0.4) is 0 Å². The number of hydrogen-bond acceptors (Lipinski definition) is 3. The predicted molar refractivity (Wildman–Crippen MR) is 76.3 cm³/mol. The molecule has 0 radical (unpaired) electrons. The average molecular weight is 289 g/mol. The van der Waals surface area contributed by atoms with Gasteiger partial charge in [0, 0.05) is 0 Å². The Bertz CT molecular complexity index is 851. The van der Waals surface area contributed by atoms with Crippen molar-refractivity contribution in [2.45, 2.75) is 0 Å². The zero-order valence-electron chi connectivity index (χ0n) is 10.2. The number of nitrogens with one attached hydrogen (secondary N) is 1. The van der Waals surface area contributed by atoms with Gasteiger partial charge in [0.05, 0.1) is 16.2 Å². The monoisotopic (exact) mass is 288 g/mol. The van der Waals surface area contributed by atoms with Crippen LogP contribution >= 0.6 is 11.6 Å². The van der Waals surface area contributed by atoms with E-state index in [2.05, 4.69) is 5.32 Å². The van der Waals surface area contributed by atoms with Crippen molar-refractivity contribution in [3.63, 3.8) is 0 Å². The highest BCUT2D eigenvalue weighted by Gasteiger charge is 2.16. The molecule has 1 aromatic heterocycles. The van der Waals surface area contributed by atoms with Crippen molar-refractivity contribution in [2.75, 3.05) is 5.32 Å². The van der Waals surface area contributed by atoms with Crippen LogP contribution in [-0.4, -0.2) is 10.6 Å². The van der Waals surface area contributed by atoms with Gasteiger partial charge in [-0.2, -0.15) is 4.57 Å². The van der Waals surface area contributed by atoms with Crippen LogP contribution in [0.15, 0.2) is 57.7 Å². The second-order valence-electron chi connectivity index (χ2n) is 4.08. The van der Waals surface area contributed by atoms with Gasteiger partial charge in [-0.3, -0.25) is 0 Å². The molecule has 0 bridgehead atoms. The minimum absolute atomic E-state index is 0.354. The number of carbonyl (C=O) groups excluding carboxylic acids is 1. The largest absolute Gasteiger partial charge is 0.428 e. The van der Waals surface area contributed by atoms with Gasteiger partial charge in [0.15, 0.2) is 5.58 Å². The highest BCUT2D eigenvalue weighted by atomic mass is 35.5. The summed E-state index contributed by atoms with van der Waals surface area (Å²) < 4.78 is 5.93. The van der Waals surface area contributed by atoms with E-state index in [1.165, 1.54) is 0 Å². The van der Waals surface area contributed by atoms with Gasteiger partial charge >= 0.3 is 11.8 Å². The molecule has 5 nitrogen and oxygen atoms in total. The molecule has 0 saturated heterocycles. The molecule has 0 unspecified atom stereocenters. The molecule has 3 rings (SSSR count). The van der Waals surface area contributed by atoms with Crippen LogP contribution in [0.5, 0.6) is 0 Å². The van der Waals surface area contributed by atoms with Crippen molar-refractivity contribution in [3.8, 4) is 0 Å². The lowest BCUT2D eigenvalue weighted by atomic mass is 10.3. The number of halogens is 1. The van der Waals surface area contributed by atoms with E-state index in [9.17, 15) is 9.59 Å². The summed E-state index contributed by atoms with van der Waals surface area (Å²) in [5, 5.41) is 2.97. The normalized spacial score (nSPS) is 10.7. The first kappa shape index (κ1) is 12.5.